The van der Waals surface area contributed by atoms with Gasteiger partial charge in [0.2, 0.25) is 0 Å². The van der Waals surface area contributed by atoms with E-state index in [1.165, 1.54) is 19.2 Å². The highest BCUT2D eigenvalue weighted by Crippen LogP contribution is 2.27. The third-order valence-corrected chi connectivity index (χ3v) is 2.96. The largest absolute Gasteiger partial charge is 0.490 e. The number of hydrogen-bond acceptors (Lipinski definition) is 5. The van der Waals surface area contributed by atoms with Crippen LogP contribution < -0.4 is 10.1 Å². The molecule has 1 atom stereocenters. The molecule has 1 aromatic rings. The monoisotopic (exact) mass is 282 g/mol. The summed E-state index contributed by atoms with van der Waals surface area (Å²) in [6.45, 7) is 3.52. The van der Waals surface area contributed by atoms with Gasteiger partial charge >= 0.3 is 5.69 Å². The lowest BCUT2D eigenvalue weighted by Gasteiger charge is -2.19. The Kier molecular flexibility index (Phi) is 5.45. The molecule has 0 radical (unpaired) electrons. The highest BCUT2D eigenvalue weighted by molar-refractivity contribution is 5.95. The van der Waals surface area contributed by atoms with Gasteiger partial charge in [-0.15, -0.1) is 0 Å². The maximum atomic E-state index is 12.0. The molecule has 7 heteroatoms. The molecule has 0 saturated carbocycles. The molecule has 1 amide bonds. The van der Waals surface area contributed by atoms with Crippen LogP contribution in [-0.2, 0) is 0 Å². The number of hydrogen-bond donors (Lipinski definition) is 2. The Morgan fingerprint density at radius 2 is 2.15 bits per heavy atom. The number of nitrogens with zero attached hydrogens (tertiary/aromatic N) is 1. The minimum Gasteiger partial charge on any atom is -0.490 e. The van der Waals surface area contributed by atoms with Crippen molar-refractivity contribution < 1.29 is 19.6 Å². The molecule has 0 fully saturated rings. The molecule has 0 spiro atoms. The van der Waals surface area contributed by atoms with E-state index in [0.717, 1.165) is 6.07 Å². The second-order valence-corrected chi connectivity index (χ2v) is 4.65. The van der Waals surface area contributed by atoms with Gasteiger partial charge in [-0.1, -0.05) is 13.8 Å². The van der Waals surface area contributed by atoms with Gasteiger partial charge in [0.15, 0.2) is 5.75 Å². The van der Waals surface area contributed by atoms with Crippen LogP contribution in [0.2, 0.25) is 0 Å². The van der Waals surface area contributed by atoms with Gasteiger partial charge in [-0.3, -0.25) is 14.9 Å². The zero-order valence-electron chi connectivity index (χ0n) is 11.6. The second kappa shape index (κ2) is 6.85. The summed E-state index contributed by atoms with van der Waals surface area (Å²) in [6.07, 6.45) is 0. The molecule has 0 aliphatic rings. The molecule has 2 N–H and O–H groups in total. The fourth-order valence-electron chi connectivity index (χ4n) is 1.65. The standard InChI is InChI=1S/C13H18N2O5/c1-8(2)10(7-16)14-13(17)9-4-5-12(20-3)11(6-9)15(18)19/h4-6,8,10,16H,7H2,1-3H3,(H,14,17). The number of carbonyl (C=O) groups excluding carboxylic acids is 1. The molecule has 1 unspecified atom stereocenters. The van der Waals surface area contributed by atoms with E-state index < -0.39 is 16.9 Å². The molecule has 0 aliphatic carbocycles. The van der Waals surface area contributed by atoms with Gasteiger partial charge in [0.25, 0.3) is 5.91 Å². The van der Waals surface area contributed by atoms with Crippen LogP contribution in [-0.4, -0.2) is 35.7 Å². The first-order chi connectivity index (χ1) is 9.40. The lowest BCUT2D eigenvalue weighted by Crippen LogP contribution is -2.41. The molecule has 0 bridgehead atoms. The van der Waals surface area contributed by atoms with Gasteiger partial charge in [-0.05, 0) is 18.1 Å². The van der Waals surface area contributed by atoms with Crippen LogP contribution in [0.25, 0.3) is 0 Å². The van der Waals surface area contributed by atoms with Crippen molar-refractivity contribution >= 4 is 11.6 Å². The number of aliphatic hydroxyl groups excluding tert-OH is 1. The van der Waals surface area contributed by atoms with Gasteiger partial charge in [-0.25, -0.2) is 0 Å². The average Bonchev–Trinajstić information content (AvgIpc) is 2.43. The number of nitro benzene ring substituents is 1. The Morgan fingerprint density at radius 3 is 2.60 bits per heavy atom. The SMILES string of the molecule is COc1ccc(C(=O)NC(CO)C(C)C)cc1[N+](=O)[O-]. The summed E-state index contributed by atoms with van der Waals surface area (Å²) >= 11 is 0. The Balaban J connectivity index is 2.99. The van der Waals surface area contributed by atoms with Crippen molar-refractivity contribution in [1.29, 1.82) is 0 Å². The molecule has 0 heterocycles. The molecule has 0 saturated heterocycles. The molecule has 110 valence electrons. The molecule has 7 nitrogen and oxygen atoms in total. The van der Waals surface area contributed by atoms with Crippen LogP contribution in [0.1, 0.15) is 24.2 Å². The molecule has 20 heavy (non-hydrogen) atoms. The number of benzene rings is 1. The Bertz CT molecular complexity index is 502. The molecular weight excluding hydrogens is 264 g/mol. The zero-order valence-corrected chi connectivity index (χ0v) is 11.6. The number of rotatable bonds is 6. The van der Waals surface area contributed by atoms with E-state index in [1.54, 1.807) is 0 Å². The third kappa shape index (κ3) is 3.67. The number of carbonyl (C=O) groups is 1. The first kappa shape index (κ1) is 15.9. The van der Waals surface area contributed by atoms with Crippen LogP contribution >= 0.6 is 0 Å². The van der Waals surface area contributed by atoms with E-state index in [-0.39, 0.29) is 29.5 Å². The van der Waals surface area contributed by atoms with Crippen molar-refractivity contribution in [2.24, 2.45) is 5.92 Å². The second-order valence-electron chi connectivity index (χ2n) is 4.65. The predicted molar refractivity (Wildman–Crippen MR) is 72.8 cm³/mol. The van der Waals surface area contributed by atoms with Gasteiger partial charge in [0.05, 0.1) is 24.7 Å². The molecule has 1 rings (SSSR count). The maximum Gasteiger partial charge on any atom is 0.311 e. The number of methoxy groups -OCH3 is 1. The number of amides is 1. The summed E-state index contributed by atoms with van der Waals surface area (Å²) in [5.74, 6) is -0.324. The number of nitrogens with one attached hydrogen (secondary N) is 1. The quantitative estimate of drug-likeness (QED) is 0.605. The summed E-state index contributed by atoms with van der Waals surface area (Å²) < 4.78 is 4.87. The van der Waals surface area contributed by atoms with E-state index in [9.17, 15) is 20.0 Å². The Morgan fingerprint density at radius 1 is 1.50 bits per heavy atom. The molecular formula is C13H18N2O5. The summed E-state index contributed by atoms with van der Waals surface area (Å²) in [5.41, 5.74) is -0.123. The van der Waals surface area contributed by atoms with Crippen LogP contribution in [0.5, 0.6) is 5.75 Å². The lowest BCUT2D eigenvalue weighted by atomic mass is 10.0. The smallest absolute Gasteiger partial charge is 0.311 e. The van der Waals surface area contributed by atoms with Crippen molar-refractivity contribution in [2.75, 3.05) is 13.7 Å². The van der Waals surface area contributed by atoms with Crippen LogP contribution in [0.4, 0.5) is 5.69 Å². The van der Waals surface area contributed by atoms with Crippen molar-refractivity contribution in [3.63, 3.8) is 0 Å². The van der Waals surface area contributed by atoms with Gasteiger partial charge in [-0.2, -0.15) is 0 Å². The highest BCUT2D eigenvalue weighted by Gasteiger charge is 2.20. The summed E-state index contributed by atoms with van der Waals surface area (Å²) in [6, 6.07) is 3.57. The minimum absolute atomic E-state index is 0.0529. The van der Waals surface area contributed by atoms with Crippen molar-refractivity contribution in [1.82, 2.24) is 5.32 Å². The summed E-state index contributed by atoms with van der Waals surface area (Å²) in [5, 5.41) is 22.7. The maximum absolute atomic E-state index is 12.0. The number of aliphatic hydroxyl groups is 1. The fraction of sp³-hybridized carbons (Fsp3) is 0.462. The van der Waals surface area contributed by atoms with Crippen molar-refractivity contribution in [3.8, 4) is 5.75 Å². The first-order valence-electron chi connectivity index (χ1n) is 6.14. The topological polar surface area (TPSA) is 102 Å². The van der Waals surface area contributed by atoms with Gasteiger partial charge in [0.1, 0.15) is 0 Å². The predicted octanol–water partition coefficient (Wildman–Crippen LogP) is 1.35. The lowest BCUT2D eigenvalue weighted by molar-refractivity contribution is -0.385. The normalized spacial score (nSPS) is 12.1. The minimum atomic E-state index is -0.610. The van der Waals surface area contributed by atoms with Crippen LogP contribution in [0.15, 0.2) is 18.2 Å². The Hall–Kier alpha value is -2.15. The van der Waals surface area contributed by atoms with Crippen LogP contribution in [0, 0.1) is 16.0 Å². The Labute approximate surface area is 116 Å². The van der Waals surface area contributed by atoms with E-state index in [2.05, 4.69) is 5.32 Å². The van der Waals surface area contributed by atoms with E-state index >= 15 is 0 Å². The summed E-state index contributed by atoms with van der Waals surface area (Å²) in [7, 11) is 1.32. The average molecular weight is 282 g/mol. The zero-order chi connectivity index (χ0) is 15.3. The fourth-order valence-corrected chi connectivity index (χ4v) is 1.65. The molecule has 1 aromatic carbocycles. The van der Waals surface area contributed by atoms with Crippen molar-refractivity contribution in [3.05, 3.63) is 33.9 Å². The van der Waals surface area contributed by atoms with Gasteiger partial charge < -0.3 is 15.2 Å². The van der Waals surface area contributed by atoms with E-state index in [4.69, 9.17) is 4.74 Å². The van der Waals surface area contributed by atoms with E-state index in [0.29, 0.717) is 0 Å². The molecule has 0 aliphatic heterocycles. The van der Waals surface area contributed by atoms with Gasteiger partial charge in [0, 0.05) is 11.6 Å². The van der Waals surface area contributed by atoms with Crippen LogP contribution in [0.3, 0.4) is 0 Å². The number of nitro groups is 1. The first-order valence-corrected chi connectivity index (χ1v) is 6.14. The third-order valence-electron chi connectivity index (χ3n) is 2.96. The molecule has 0 aromatic heterocycles. The number of ether oxygens (including phenoxy) is 1. The van der Waals surface area contributed by atoms with Crippen molar-refractivity contribution in [2.45, 2.75) is 19.9 Å². The van der Waals surface area contributed by atoms with E-state index in [1.807, 2.05) is 13.8 Å². The highest BCUT2D eigenvalue weighted by atomic mass is 16.6. The summed E-state index contributed by atoms with van der Waals surface area (Å²) in [4.78, 5) is 22.3.